The Kier molecular flexibility index (Phi) is 2.85. The molecule has 0 atom stereocenters. The Morgan fingerprint density at radius 2 is 2.26 bits per heavy atom. The summed E-state index contributed by atoms with van der Waals surface area (Å²) in [5, 5.41) is 2.77. The molecule has 4 nitrogen and oxygen atoms in total. The van der Waals surface area contributed by atoms with E-state index in [1.165, 1.54) is 0 Å². The maximum absolute atomic E-state index is 12.5. The van der Waals surface area contributed by atoms with Gasteiger partial charge >= 0.3 is 0 Å². The molecule has 3 rings (SSSR count). The van der Waals surface area contributed by atoms with Crippen molar-refractivity contribution in [3.8, 4) is 0 Å². The summed E-state index contributed by atoms with van der Waals surface area (Å²) in [6.45, 7) is 4.29. The van der Waals surface area contributed by atoms with Gasteiger partial charge in [0.2, 0.25) is 5.91 Å². The van der Waals surface area contributed by atoms with Crippen LogP contribution >= 0.6 is 0 Å². The minimum absolute atomic E-state index is 0.00950. The fourth-order valence-corrected chi connectivity index (χ4v) is 2.45. The van der Waals surface area contributed by atoms with Gasteiger partial charge in [-0.1, -0.05) is 6.08 Å². The van der Waals surface area contributed by atoms with Crippen LogP contribution < -0.4 is 5.32 Å². The smallest absolute Gasteiger partial charge is 0.254 e. The lowest BCUT2D eigenvalue weighted by Gasteiger charge is -2.21. The number of hydrogen-bond donors (Lipinski definition) is 1. The molecule has 2 amide bonds. The second-order valence-corrected chi connectivity index (χ2v) is 5.07. The number of anilines is 1. The van der Waals surface area contributed by atoms with Crippen LogP contribution in [0.15, 0.2) is 30.9 Å². The number of carbonyl (C=O) groups is 2. The first-order valence-corrected chi connectivity index (χ1v) is 6.53. The van der Waals surface area contributed by atoms with E-state index in [9.17, 15) is 9.59 Å². The summed E-state index contributed by atoms with van der Waals surface area (Å²) in [6.07, 6.45) is 4.27. The number of carbonyl (C=O) groups excluding carboxylic acids is 2. The molecule has 2 aliphatic rings. The van der Waals surface area contributed by atoms with Gasteiger partial charge in [-0.05, 0) is 36.6 Å². The molecule has 1 N–H and O–H groups in total. The third-order valence-corrected chi connectivity index (χ3v) is 3.55. The topological polar surface area (TPSA) is 49.4 Å². The van der Waals surface area contributed by atoms with Gasteiger partial charge < -0.3 is 10.2 Å². The zero-order valence-electron chi connectivity index (χ0n) is 10.7. The van der Waals surface area contributed by atoms with Crippen LogP contribution in [-0.4, -0.2) is 29.3 Å². The van der Waals surface area contributed by atoms with E-state index in [0.29, 0.717) is 24.6 Å². The largest absolute Gasteiger partial charge is 0.332 e. The van der Waals surface area contributed by atoms with Gasteiger partial charge in [0, 0.05) is 23.8 Å². The van der Waals surface area contributed by atoms with Crippen molar-refractivity contribution >= 4 is 17.5 Å². The zero-order chi connectivity index (χ0) is 13.4. The molecule has 1 aliphatic heterocycles. The second-order valence-electron chi connectivity index (χ2n) is 5.07. The molecule has 0 saturated heterocycles. The maximum atomic E-state index is 12.5. The van der Waals surface area contributed by atoms with E-state index >= 15 is 0 Å². The predicted molar refractivity (Wildman–Crippen MR) is 73.0 cm³/mol. The fraction of sp³-hybridized carbons (Fsp3) is 0.333. The highest BCUT2D eigenvalue weighted by Crippen LogP contribution is 2.30. The average Bonchev–Trinajstić information content (AvgIpc) is 3.15. The minimum atomic E-state index is -0.00950. The number of amides is 2. The molecule has 1 aromatic rings. The van der Waals surface area contributed by atoms with Gasteiger partial charge in [-0.15, -0.1) is 6.58 Å². The minimum Gasteiger partial charge on any atom is -0.332 e. The predicted octanol–water partition coefficient (Wildman–Crippen LogP) is 1.97. The lowest BCUT2D eigenvalue weighted by molar-refractivity contribution is -0.115. The molecule has 1 fully saturated rings. The molecular formula is C15H16N2O2. The van der Waals surface area contributed by atoms with Gasteiger partial charge in [0.15, 0.2) is 0 Å². The molecular weight excluding hydrogens is 240 g/mol. The molecule has 0 bridgehead atoms. The highest BCUT2D eigenvalue weighted by atomic mass is 16.2. The van der Waals surface area contributed by atoms with Crippen LogP contribution in [0.3, 0.4) is 0 Å². The number of nitrogens with zero attached hydrogens (tertiary/aromatic N) is 1. The van der Waals surface area contributed by atoms with Crippen molar-refractivity contribution in [1.82, 2.24) is 4.90 Å². The first-order valence-electron chi connectivity index (χ1n) is 6.53. The van der Waals surface area contributed by atoms with E-state index in [1.54, 1.807) is 12.1 Å². The van der Waals surface area contributed by atoms with Gasteiger partial charge in [-0.2, -0.15) is 0 Å². The highest BCUT2D eigenvalue weighted by Gasteiger charge is 2.32. The van der Waals surface area contributed by atoms with E-state index in [2.05, 4.69) is 11.9 Å². The second kappa shape index (κ2) is 4.53. The Hall–Kier alpha value is -2.10. The Morgan fingerprint density at radius 3 is 2.95 bits per heavy atom. The summed E-state index contributed by atoms with van der Waals surface area (Å²) in [7, 11) is 0. The first-order chi connectivity index (χ1) is 9.19. The van der Waals surface area contributed by atoms with Gasteiger partial charge in [0.1, 0.15) is 0 Å². The van der Waals surface area contributed by atoms with Crippen molar-refractivity contribution < 1.29 is 9.59 Å². The molecule has 0 unspecified atom stereocenters. The van der Waals surface area contributed by atoms with Crippen LogP contribution in [0.5, 0.6) is 0 Å². The Bertz CT molecular complexity index is 561. The van der Waals surface area contributed by atoms with E-state index in [-0.39, 0.29) is 11.8 Å². The molecule has 19 heavy (non-hydrogen) atoms. The lowest BCUT2D eigenvalue weighted by atomic mass is 10.1. The van der Waals surface area contributed by atoms with Crippen molar-refractivity contribution in [3.63, 3.8) is 0 Å². The number of hydrogen-bond acceptors (Lipinski definition) is 2. The Morgan fingerprint density at radius 1 is 1.47 bits per heavy atom. The normalized spacial score (nSPS) is 16.7. The van der Waals surface area contributed by atoms with Crippen molar-refractivity contribution in [3.05, 3.63) is 42.0 Å². The van der Waals surface area contributed by atoms with Crippen LogP contribution in [0.2, 0.25) is 0 Å². The SMILES string of the molecule is C=CCN(C(=O)c1ccc2c(c1)CC(=O)N2)C1CC1. The molecule has 1 heterocycles. The van der Waals surface area contributed by atoms with Crippen LogP contribution in [0.4, 0.5) is 5.69 Å². The van der Waals surface area contributed by atoms with E-state index in [4.69, 9.17) is 0 Å². The summed E-state index contributed by atoms with van der Waals surface area (Å²) in [4.78, 5) is 25.6. The maximum Gasteiger partial charge on any atom is 0.254 e. The fourth-order valence-electron chi connectivity index (χ4n) is 2.45. The quantitative estimate of drug-likeness (QED) is 0.837. The molecule has 0 radical (unpaired) electrons. The third kappa shape index (κ3) is 2.26. The first kappa shape index (κ1) is 12.0. The van der Waals surface area contributed by atoms with Crippen molar-refractivity contribution in [2.75, 3.05) is 11.9 Å². The molecule has 0 spiro atoms. The summed E-state index contributed by atoms with van der Waals surface area (Å²) >= 11 is 0. The summed E-state index contributed by atoms with van der Waals surface area (Å²) in [6, 6.07) is 5.78. The van der Waals surface area contributed by atoms with Crippen molar-refractivity contribution in [1.29, 1.82) is 0 Å². The summed E-state index contributed by atoms with van der Waals surface area (Å²) < 4.78 is 0. The number of rotatable bonds is 4. The van der Waals surface area contributed by atoms with Crippen LogP contribution in [0.1, 0.15) is 28.8 Å². The number of fused-ring (bicyclic) bond motifs is 1. The van der Waals surface area contributed by atoms with Crippen LogP contribution in [0.25, 0.3) is 0 Å². The van der Waals surface area contributed by atoms with Crippen molar-refractivity contribution in [2.24, 2.45) is 0 Å². The highest BCUT2D eigenvalue weighted by molar-refractivity contribution is 6.01. The summed E-state index contributed by atoms with van der Waals surface area (Å²) in [5.74, 6) is 0.0225. The standard InChI is InChI=1S/C15H16N2O2/c1-2-7-17(12-4-5-12)15(19)10-3-6-13-11(8-10)9-14(18)16-13/h2-3,6,8,12H,1,4-5,7,9H2,(H,16,18). The molecule has 1 aliphatic carbocycles. The van der Waals surface area contributed by atoms with E-state index in [1.807, 2.05) is 17.0 Å². The number of nitrogens with one attached hydrogen (secondary N) is 1. The molecule has 1 aromatic carbocycles. The van der Waals surface area contributed by atoms with Gasteiger partial charge in [-0.25, -0.2) is 0 Å². The summed E-state index contributed by atoms with van der Waals surface area (Å²) in [5.41, 5.74) is 2.39. The van der Waals surface area contributed by atoms with E-state index < -0.39 is 0 Å². The molecule has 98 valence electrons. The van der Waals surface area contributed by atoms with Crippen LogP contribution in [0, 0.1) is 0 Å². The average molecular weight is 256 g/mol. The van der Waals surface area contributed by atoms with E-state index in [0.717, 1.165) is 24.1 Å². The van der Waals surface area contributed by atoms with Gasteiger partial charge in [-0.3, -0.25) is 9.59 Å². The van der Waals surface area contributed by atoms with Crippen LogP contribution in [-0.2, 0) is 11.2 Å². The lowest BCUT2D eigenvalue weighted by Crippen LogP contribution is -2.33. The molecule has 4 heteroatoms. The zero-order valence-corrected chi connectivity index (χ0v) is 10.7. The monoisotopic (exact) mass is 256 g/mol. The van der Waals surface area contributed by atoms with Gasteiger partial charge in [0.25, 0.3) is 5.91 Å². The van der Waals surface area contributed by atoms with Crippen molar-refractivity contribution in [2.45, 2.75) is 25.3 Å². The molecule has 1 saturated carbocycles. The Labute approximate surface area is 112 Å². The Balaban J connectivity index is 1.85. The molecule has 0 aromatic heterocycles. The third-order valence-electron chi connectivity index (χ3n) is 3.55. The van der Waals surface area contributed by atoms with Gasteiger partial charge in [0.05, 0.1) is 6.42 Å². The number of benzene rings is 1.